The zero-order valence-electron chi connectivity index (χ0n) is 17.1. The lowest BCUT2D eigenvalue weighted by Crippen LogP contribution is -2.48. The second-order valence-corrected chi connectivity index (χ2v) is 8.55. The molecule has 3 saturated heterocycles. The average Bonchev–Trinajstić information content (AvgIpc) is 3.01. The number of aliphatic carboxylic acids is 2. The Balaban J connectivity index is 1.42. The highest BCUT2D eigenvalue weighted by Crippen LogP contribution is 2.35. The summed E-state index contributed by atoms with van der Waals surface area (Å²) in [5, 5.41) is 18.5. The quantitative estimate of drug-likeness (QED) is 0.554. The highest BCUT2D eigenvalue weighted by Gasteiger charge is 2.44. The van der Waals surface area contributed by atoms with Gasteiger partial charge in [-0.3, -0.25) is 19.4 Å². The van der Waals surface area contributed by atoms with Gasteiger partial charge in [-0.25, -0.2) is 4.79 Å². The van der Waals surface area contributed by atoms with E-state index in [2.05, 4.69) is 21.7 Å². The van der Waals surface area contributed by atoms with Crippen molar-refractivity contribution in [3.05, 3.63) is 0 Å². The predicted octanol–water partition coefficient (Wildman–Crippen LogP) is -0.304. The third-order valence-electron chi connectivity index (χ3n) is 6.45. The number of carboxylic acids is 2. The number of carbonyl (C=O) groups excluding carboxylic acids is 1. The first-order valence-electron chi connectivity index (χ1n) is 10.3. The van der Waals surface area contributed by atoms with E-state index in [0.717, 1.165) is 32.7 Å². The third-order valence-corrected chi connectivity index (χ3v) is 6.45. The first-order chi connectivity index (χ1) is 13.8. The van der Waals surface area contributed by atoms with Gasteiger partial charge in [0.05, 0.1) is 18.4 Å². The van der Waals surface area contributed by atoms with E-state index in [-0.39, 0.29) is 18.6 Å². The van der Waals surface area contributed by atoms with Gasteiger partial charge in [-0.1, -0.05) is 0 Å². The molecule has 0 spiro atoms. The zero-order chi connectivity index (χ0) is 21.0. The molecular formula is C19H32N4O6. The summed E-state index contributed by atoms with van der Waals surface area (Å²) in [6, 6.07) is 0. The number of likely N-dealkylation sites (N-methyl/N-ethyl adjacent to an activating group) is 1. The van der Waals surface area contributed by atoms with Gasteiger partial charge in [0.25, 0.3) is 0 Å². The van der Waals surface area contributed by atoms with Crippen LogP contribution in [-0.2, 0) is 14.3 Å². The molecule has 3 aliphatic rings. The Bertz CT molecular complexity index is 614. The van der Waals surface area contributed by atoms with Crippen molar-refractivity contribution in [1.82, 2.24) is 19.6 Å². The van der Waals surface area contributed by atoms with Crippen molar-refractivity contribution >= 4 is 18.0 Å². The van der Waals surface area contributed by atoms with Gasteiger partial charge in [0.2, 0.25) is 0 Å². The van der Waals surface area contributed by atoms with Crippen LogP contribution < -0.4 is 0 Å². The Kier molecular flexibility index (Phi) is 6.97. The van der Waals surface area contributed by atoms with Crippen LogP contribution in [0.4, 0.5) is 4.79 Å². The first-order valence-corrected chi connectivity index (χ1v) is 10.3. The number of ether oxygens (including phenoxy) is 1. The summed E-state index contributed by atoms with van der Waals surface area (Å²) in [7, 11) is 2.11. The Hall–Kier alpha value is -1.91. The topological polar surface area (TPSA) is 114 Å². The SMILES string of the molecule is CN1CCN(CCN2CC(CN3CCC(CC(=O)O)(C(=O)O)CC3)OC2=O)CC1. The zero-order valence-corrected chi connectivity index (χ0v) is 17.1. The minimum atomic E-state index is -1.19. The molecule has 1 unspecified atom stereocenters. The average molecular weight is 412 g/mol. The van der Waals surface area contributed by atoms with Crippen LogP contribution in [0.1, 0.15) is 19.3 Å². The summed E-state index contributed by atoms with van der Waals surface area (Å²) < 4.78 is 5.51. The molecule has 10 heteroatoms. The van der Waals surface area contributed by atoms with Crippen LogP contribution in [0.2, 0.25) is 0 Å². The maximum absolute atomic E-state index is 12.2. The number of amides is 1. The summed E-state index contributed by atoms with van der Waals surface area (Å²) in [4.78, 5) is 43.3. The maximum Gasteiger partial charge on any atom is 0.410 e. The number of cyclic esters (lactones) is 1. The fraction of sp³-hybridized carbons (Fsp3) is 0.842. The van der Waals surface area contributed by atoms with E-state index in [1.54, 1.807) is 4.90 Å². The lowest BCUT2D eigenvalue weighted by Gasteiger charge is -2.38. The van der Waals surface area contributed by atoms with Gasteiger partial charge in [-0.15, -0.1) is 0 Å². The molecule has 1 amide bonds. The van der Waals surface area contributed by atoms with Crippen molar-refractivity contribution in [2.24, 2.45) is 5.41 Å². The summed E-state index contributed by atoms with van der Waals surface area (Å²) in [5.41, 5.74) is -1.19. The largest absolute Gasteiger partial charge is 0.481 e. The fourth-order valence-electron chi connectivity index (χ4n) is 4.39. The molecule has 10 nitrogen and oxygen atoms in total. The lowest BCUT2D eigenvalue weighted by atomic mass is 9.75. The van der Waals surface area contributed by atoms with Crippen LogP contribution in [0.25, 0.3) is 0 Å². The van der Waals surface area contributed by atoms with E-state index < -0.39 is 17.4 Å². The van der Waals surface area contributed by atoms with Crippen LogP contribution in [-0.4, -0.2) is 126 Å². The molecule has 2 N–H and O–H groups in total. The normalized spacial score (nSPS) is 26.4. The molecule has 3 heterocycles. The number of carboxylic acid groups (broad SMARTS) is 2. The molecule has 0 radical (unpaired) electrons. The van der Waals surface area contributed by atoms with Crippen molar-refractivity contribution in [3.63, 3.8) is 0 Å². The molecule has 29 heavy (non-hydrogen) atoms. The summed E-state index contributed by atoms with van der Waals surface area (Å²) in [5.74, 6) is -2.12. The highest BCUT2D eigenvalue weighted by molar-refractivity contribution is 5.81. The molecule has 0 aromatic heterocycles. The number of carbonyl (C=O) groups is 3. The molecular weight excluding hydrogens is 380 g/mol. The standard InChI is InChI=1S/C19H32N4O6/c1-20-6-8-21(9-7-20)10-11-23-14-15(29-18(23)28)13-22-4-2-19(3-5-22,17(26)27)12-16(24)25/h15H,2-14H2,1H3,(H,24,25)(H,26,27). The molecule has 0 aliphatic carbocycles. The van der Waals surface area contributed by atoms with Crippen molar-refractivity contribution < 1.29 is 29.3 Å². The van der Waals surface area contributed by atoms with E-state index in [0.29, 0.717) is 45.6 Å². The van der Waals surface area contributed by atoms with Gasteiger partial charge in [0, 0.05) is 45.8 Å². The van der Waals surface area contributed by atoms with Crippen molar-refractivity contribution in [3.8, 4) is 0 Å². The van der Waals surface area contributed by atoms with E-state index in [1.807, 2.05) is 0 Å². The van der Waals surface area contributed by atoms with Gasteiger partial charge >= 0.3 is 18.0 Å². The van der Waals surface area contributed by atoms with Crippen LogP contribution in [0, 0.1) is 5.41 Å². The highest BCUT2D eigenvalue weighted by atomic mass is 16.6. The molecule has 3 aliphatic heterocycles. The summed E-state index contributed by atoms with van der Waals surface area (Å²) >= 11 is 0. The predicted molar refractivity (Wildman–Crippen MR) is 104 cm³/mol. The molecule has 1 atom stereocenters. The molecule has 0 saturated carbocycles. The van der Waals surface area contributed by atoms with Crippen molar-refractivity contribution in [1.29, 1.82) is 0 Å². The first kappa shape index (κ1) is 21.8. The van der Waals surface area contributed by atoms with Gasteiger partial charge in [0.1, 0.15) is 6.10 Å². The Morgan fingerprint density at radius 2 is 1.69 bits per heavy atom. The minimum absolute atomic E-state index is 0.230. The minimum Gasteiger partial charge on any atom is -0.481 e. The van der Waals surface area contributed by atoms with Gasteiger partial charge in [0.15, 0.2) is 0 Å². The number of nitrogens with zero attached hydrogens (tertiary/aromatic N) is 4. The second-order valence-electron chi connectivity index (χ2n) is 8.55. The van der Waals surface area contributed by atoms with Crippen molar-refractivity contribution in [2.75, 3.05) is 72.5 Å². The van der Waals surface area contributed by atoms with Gasteiger partial charge in [-0.2, -0.15) is 0 Å². The summed E-state index contributed by atoms with van der Waals surface area (Å²) in [6.07, 6.45) is -0.279. The van der Waals surface area contributed by atoms with Crippen LogP contribution >= 0.6 is 0 Å². The molecule has 0 aromatic carbocycles. The lowest BCUT2D eigenvalue weighted by molar-refractivity contribution is -0.159. The molecule has 3 fully saturated rings. The molecule has 164 valence electrons. The number of likely N-dealkylation sites (tertiary alicyclic amines) is 1. The van der Waals surface area contributed by atoms with Crippen LogP contribution in [0.3, 0.4) is 0 Å². The monoisotopic (exact) mass is 412 g/mol. The second kappa shape index (κ2) is 9.27. The van der Waals surface area contributed by atoms with E-state index in [4.69, 9.17) is 9.84 Å². The van der Waals surface area contributed by atoms with Gasteiger partial charge in [-0.05, 0) is 33.0 Å². The number of piperidine rings is 1. The number of piperazine rings is 1. The number of hydrogen-bond donors (Lipinski definition) is 2. The van der Waals surface area contributed by atoms with Crippen LogP contribution in [0.5, 0.6) is 0 Å². The molecule has 0 bridgehead atoms. The summed E-state index contributed by atoms with van der Waals surface area (Å²) in [6.45, 7) is 7.70. The Morgan fingerprint density at radius 1 is 1.03 bits per heavy atom. The van der Waals surface area contributed by atoms with Crippen LogP contribution in [0.15, 0.2) is 0 Å². The Morgan fingerprint density at radius 3 is 2.28 bits per heavy atom. The van der Waals surface area contributed by atoms with Crippen molar-refractivity contribution in [2.45, 2.75) is 25.4 Å². The van der Waals surface area contributed by atoms with E-state index >= 15 is 0 Å². The third kappa shape index (κ3) is 5.58. The van der Waals surface area contributed by atoms with E-state index in [1.165, 1.54) is 0 Å². The molecule has 3 rings (SSSR count). The Labute approximate surface area is 171 Å². The van der Waals surface area contributed by atoms with E-state index in [9.17, 15) is 19.5 Å². The van der Waals surface area contributed by atoms with Gasteiger partial charge < -0.3 is 24.7 Å². The molecule has 0 aromatic rings. The maximum atomic E-state index is 12.2. The number of rotatable bonds is 8. The smallest absolute Gasteiger partial charge is 0.410 e. The fourth-order valence-corrected chi connectivity index (χ4v) is 4.39. The number of hydrogen-bond acceptors (Lipinski definition) is 7.